The molecule has 4 rings (SSSR count). The Balaban J connectivity index is 1.24. The number of aliphatic carboxylic acids is 1. The predicted molar refractivity (Wildman–Crippen MR) is 236 cm³/mol. The number of carboxylic acid groups (broad SMARTS) is 1. The highest BCUT2D eigenvalue weighted by Crippen LogP contribution is 2.23. The fraction of sp³-hybridized carbons (Fsp3) is 0.523. The quantitative estimate of drug-likeness (QED) is 0.0499. The van der Waals surface area contributed by atoms with Crippen LogP contribution in [0.4, 0.5) is 10.5 Å². The number of aryl methyl sites for hydroxylation is 1. The number of carbonyl (C=O) groups is 7. The van der Waals surface area contributed by atoms with Crippen LogP contribution in [0, 0.1) is 0 Å². The number of piperidine rings is 1. The van der Waals surface area contributed by atoms with E-state index in [1.165, 1.54) is 14.0 Å². The van der Waals surface area contributed by atoms with E-state index in [0.29, 0.717) is 56.7 Å². The maximum absolute atomic E-state index is 13.7. The lowest BCUT2D eigenvalue weighted by Crippen LogP contribution is -2.50. The van der Waals surface area contributed by atoms with E-state index in [0.717, 1.165) is 16.6 Å². The number of ether oxygens (including phenoxy) is 3. The summed E-state index contributed by atoms with van der Waals surface area (Å²) in [4.78, 5) is 90.8. The van der Waals surface area contributed by atoms with Crippen LogP contribution in [0.3, 0.4) is 0 Å². The third kappa shape index (κ3) is 16.9. The van der Waals surface area contributed by atoms with Crippen LogP contribution >= 0.6 is 0 Å². The highest BCUT2D eigenvalue weighted by molar-refractivity contribution is 5.97. The van der Waals surface area contributed by atoms with Gasteiger partial charge in [0.15, 0.2) is 0 Å². The molecule has 2 heterocycles. The molecule has 1 aliphatic heterocycles. The molecule has 0 radical (unpaired) electrons. The molecule has 0 saturated carbocycles. The third-order valence-corrected chi connectivity index (χ3v) is 10.7. The van der Waals surface area contributed by atoms with E-state index in [-0.39, 0.29) is 76.7 Å². The van der Waals surface area contributed by atoms with Gasteiger partial charge in [0.25, 0.3) is 0 Å². The smallest absolute Gasteiger partial charge is 0.407 e. The van der Waals surface area contributed by atoms with E-state index in [9.17, 15) is 33.6 Å². The fourth-order valence-corrected chi connectivity index (χ4v) is 7.08. The SMILES string of the molecule is CNC(=O)OCc1ccc(NC(=O)[C@H](C)NC(=O)CNC(=O)CCC(=O)N(CCOCCOCCC(=O)O)C2CCN(C(=O)CCn3c(CN(C)NC)cc4ccccc43)CC2)cc1. The minimum Gasteiger partial charge on any atom is -0.481 e. The molecule has 1 fully saturated rings. The van der Waals surface area contributed by atoms with Crippen LogP contribution in [0.5, 0.6) is 0 Å². The second kappa shape index (κ2) is 26.5. The van der Waals surface area contributed by atoms with Gasteiger partial charge in [-0.05, 0) is 62.0 Å². The molecule has 350 valence electrons. The number of nitrogens with one attached hydrogen (secondary N) is 5. The van der Waals surface area contributed by atoms with Crippen molar-refractivity contribution in [2.75, 3.05) is 79.1 Å². The Labute approximate surface area is 373 Å². The number of amides is 6. The Morgan fingerprint density at radius 1 is 0.859 bits per heavy atom. The van der Waals surface area contributed by atoms with Crippen LogP contribution in [0.2, 0.25) is 0 Å². The summed E-state index contributed by atoms with van der Waals surface area (Å²) in [6.07, 6.45) is 0.402. The first kappa shape index (κ1) is 50.6. The standard InChI is InChI=1S/C44H63N9O11/c1-31(43(60)49-34-11-9-32(10-12-34)30-64-44(61)45-2)48-39(55)28-47-38(54)13-14-41(57)53(22-24-63-26-25-62-23-18-42(58)59)35-15-19-51(20-16-35)40(56)17-21-52-36(29-50(4)46-3)27-33-7-5-6-8-37(33)52/h5-12,27,31,35,46H,13-26,28-30H2,1-4H3,(H,45,61)(H,47,54)(H,48,55)(H,49,60)(H,58,59)/t31-/m0/s1. The molecule has 0 aliphatic carbocycles. The van der Waals surface area contributed by atoms with Gasteiger partial charge in [-0.15, -0.1) is 0 Å². The van der Waals surface area contributed by atoms with Crippen molar-refractivity contribution in [3.05, 3.63) is 65.9 Å². The van der Waals surface area contributed by atoms with Crippen LogP contribution in [-0.4, -0.2) is 152 Å². The number of likely N-dealkylation sites (tertiary alicyclic amines) is 1. The zero-order valence-corrected chi connectivity index (χ0v) is 37.2. The number of hydrogen-bond donors (Lipinski definition) is 6. The van der Waals surface area contributed by atoms with Gasteiger partial charge in [0.05, 0.1) is 45.9 Å². The summed E-state index contributed by atoms with van der Waals surface area (Å²) in [6.45, 7) is 4.12. The Morgan fingerprint density at radius 2 is 1.56 bits per heavy atom. The average Bonchev–Trinajstić information content (AvgIpc) is 3.64. The minimum absolute atomic E-state index is 0.0291. The normalized spacial score (nSPS) is 13.3. The van der Waals surface area contributed by atoms with Crippen LogP contribution in [0.25, 0.3) is 10.9 Å². The number of para-hydroxylation sites is 1. The first-order valence-electron chi connectivity index (χ1n) is 21.5. The van der Waals surface area contributed by atoms with E-state index in [1.54, 1.807) is 29.2 Å². The van der Waals surface area contributed by atoms with Gasteiger partial charge >= 0.3 is 12.1 Å². The van der Waals surface area contributed by atoms with Crippen molar-refractivity contribution >= 4 is 58.2 Å². The largest absolute Gasteiger partial charge is 0.481 e. The zero-order valence-electron chi connectivity index (χ0n) is 37.2. The lowest BCUT2D eigenvalue weighted by Gasteiger charge is -2.39. The Kier molecular flexibility index (Phi) is 20.9. The minimum atomic E-state index is -0.959. The number of anilines is 1. The van der Waals surface area contributed by atoms with Crippen LogP contribution in [0.1, 0.15) is 56.7 Å². The fourth-order valence-electron chi connectivity index (χ4n) is 7.08. The van der Waals surface area contributed by atoms with Gasteiger partial charge in [-0.3, -0.25) is 34.2 Å². The number of fused-ring (bicyclic) bond motifs is 1. The van der Waals surface area contributed by atoms with Gasteiger partial charge < -0.3 is 55.0 Å². The van der Waals surface area contributed by atoms with Crippen molar-refractivity contribution in [3.63, 3.8) is 0 Å². The first-order chi connectivity index (χ1) is 30.8. The summed E-state index contributed by atoms with van der Waals surface area (Å²) in [5, 5.41) is 22.0. The molecule has 64 heavy (non-hydrogen) atoms. The highest BCUT2D eigenvalue weighted by Gasteiger charge is 2.30. The van der Waals surface area contributed by atoms with Crippen molar-refractivity contribution in [1.82, 2.24) is 40.8 Å². The molecule has 1 saturated heterocycles. The zero-order chi connectivity index (χ0) is 46.4. The summed E-state index contributed by atoms with van der Waals surface area (Å²) in [6, 6.07) is 15.7. The third-order valence-electron chi connectivity index (χ3n) is 10.7. The molecule has 6 N–H and O–H groups in total. The number of carboxylic acids is 1. The molecular formula is C44H63N9O11. The van der Waals surface area contributed by atoms with E-state index >= 15 is 0 Å². The molecular weight excluding hydrogens is 831 g/mol. The topological polar surface area (TPSA) is 242 Å². The Morgan fingerprint density at radius 3 is 2.25 bits per heavy atom. The predicted octanol–water partition coefficient (Wildman–Crippen LogP) is 1.82. The maximum Gasteiger partial charge on any atom is 0.407 e. The summed E-state index contributed by atoms with van der Waals surface area (Å²) in [5.41, 5.74) is 6.46. The average molecular weight is 894 g/mol. The summed E-state index contributed by atoms with van der Waals surface area (Å²) in [5.74, 6) is -2.81. The number of hydrazine groups is 1. The van der Waals surface area contributed by atoms with Crippen LogP contribution in [-0.2, 0) is 62.7 Å². The number of aromatic nitrogens is 1. The van der Waals surface area contributed by atoms with Crippen molar-refractivity contribution in [2.45, 2.75) is 77.2 Å². The summed E-state index contributed by atoms with van der Waals surface area (Å²) >= 11 is 0. The molecule has 0 bridgehead atoms. The van der Waals surface area contributed by atoms with Crippen molar-refractivity contribution in [3.8, 4) is 0 Å². The summed E-state index contributed by atoms with van der Waals surface area (Å²) < 4.78 is 18.2. The molecule has 0 unspecified atom stereocenters. The van der Waals surface area contributed by atoms with Crippen molar-refractivity contribution < 1.29 is 52.9 Å². The number of carbonyl (C=O) groups excluding carboxylic acids is 6. The Hall–Kier alpha value is -6.09. The number of hydrogen-bond acceptors (Lipinski definition) is 12. The number of benzene rings is 2. The molecule has 1 atom stereocenters. The Bertz CT molecular complexity index is 2020. The van der Waals surface area contributed by atoms with E-state index < -0.39 is 42.4 Å². The number of rotatable bonds is 26. The van der Waals surface area contributed by atoms with Crippen LogP contribution < -0.4 is 26.7 Å². The van der Waals surface area contributed by atoms with Gasteiger partial charge in [-0.2, -0.15) is 0 Å². The van der Waals surface area contributed by atoms with Gasteiger partial charge in [0.1, 0.15) is 12.6 Å². The molecule has 20 nitrogen and oxygen atoms in total. The van der Waals surface area contributed by atoms with Gasteiger partial charge in [0.2, 0.25) is 29.5 Å². The van der Waals surface area contributed by atoms with E-state index in [2.05, 4.69) is 49.5 Å². The first-order valence-corrected chi connectivity index (χ1v) is 21.5. The lowest BCUT2D eigenvalue weighted by atomic mass is 10.0. The van der Waals surface area contributed by atoms with E-state index in [1.807, 2.05) is 36.1 Å². The lowest BCUT2D eigenvalue weighted by molar-refractivity contribution is -0.139. The molecule has 6 amide bonds. The maximum atomic E-state index is 13.7. The van der Waals surface area contributed by atoms with E-state index in [4.69, 9.17) is 19.3 Å². The number of alkyl carbamates (subject to hydrolysis) is 1. The van der Waals surface area contributed by atoms with Gasteiger partial charge in [-0.1, -0.05) is 30.3 Å². The monoisotopic (exact) mass is 893 g/mol. The highest BCUT2D eigenvalue weighted by atomic mass is 16.5. The van der Waals surface area contributed by atoms with Gasteiger partial charge in [0, 0.05) is 82.5 Å². The molecule has 0 spiro atoms. The van der Waals surface area contributed by atoms with Crippen molar-refractivity contribution in [2.24, 2.45) is 0 Å². The molecule has 3 aromatic rings. The van der Waals surface area contributed by atoms with Crippen LogP contribution in [0.15, 0.2) is 54.6 Å². The number of nitrogens with zero attached hydrogens (tertiary/aromatic N) is 4. The molecule has 1 aromatic heterocycles. The molecule has 1 aliphatic rings. The van der Waals surface area contributed by atoms with Gasteiger partial charge in [-0.25, -0.2) is 9.80 Å². The summed E-state index contributed by atoms with van der Waals surface area (Å²) in [7, 11) is 5.27. The second-order valence-electron chi connectivity index (χ2n) is 15.3. The molecule has 2 aromatic carbocycles. The molecule has 20 heteroatoms. The second-order valence-corrected chi connectivity index (χ2v) is 15.3. The van der Waals surface area contributed by atoms with Crippen molar-refractivity contribution in [1.29, 1.82) is 0 Å².